The topological polar surface area (TPSA) is 9.23 Å². The predicted molar refractivity (Wildman–Crippen MR) is 57.5 cm³/mol. The summed E-state index contributed by atoms with van der Waals surface area (Å²) in [6, 6.07) is 12.0. The van der Waals surface area contributed by atoms with E-state index in [0.29, 0.717) is 0 Å². The largest absolute Gasteiger partial charge is 0.496 e. The summed E-state index contributed by atoms with van der Waals surface area (Å²) in [6.07, 6.45) is 1.46. The van der Waals surface area contributed by atoms with Crippen LogP contribution in [0.1, 0.15) is 20.8 Å². The minimum absolute atomic E-state index is 0.0677. The molecular weight excluding hydrogens is 160 g/mol. The van der Waals surface area contributed by atoms with E-state index in [9.17, 15) is 0 Å². The van der Waals surface area contributed by atoms with Crippen LogP contribution in [-0.4, -0.2) is 5.60 Å². The standard InChI is InChI=1S/C6H12O.C6H6/c1-5-7-6(2,3)4;1-2-4-6-5-3-1/h5H,1H2,2-4H3;1-6H. The zero-order chi connectivity index (χ0) is 10.2. The zero-order valence-corrected chi connectivity index (χ0v) is 8.66. The smallest absolute Gasteiger partial charge is 0.0997 e. The molecule has 72 valence electrons. The van der Waals surface area contributed by atoms with Crippen molar-refractivity contribution in [2.24, 2.45) is 0 Å². The number of benzene rings is 1. The molecule has 0 aromatic heterocycles. The van der Waals surface area contributed by atoms with E-state index in [4.69, 9.17) is 4.74 Å². The van der Waals surface area contributed by atoms with Crippen LogP contribution < -0.4 is 0 Å². The Hall–Kier alpha value is -1.24. The van der Waals surface area contributed by atoms with E-state index in [2.05, 4.69) is 6.58 Å². The van der Waals surface area contributed by atoms with Crippen LogP contribution >= 0.6 is 0 Å². The van der Waals surface area contributed by atoms with Crippen LogP contribution in [0.3, 0.4) is 0 Å². The van der Waals surface area contributed by atoms with Crippen LogP contribution in [0.25, 0.3) is 0 Å². The zero-order valence-electron chi connectivity index (χ0n) is 8.66. The first kappa shape index (κ1) is 11.8. The highest BCUT2D eigenvalue weighted by molar-refractivity contribution is 4.99. The molecule has 0 fully saturated rings. The van der Waals surface area contributed by atoms with Gasteiger partial charge in [0.05, 0.1) is 11.9 Å². The quantitative estimate of drug-likeness (QED) is 0.597. The van der Waals surface area contributed by atoms with Crippen molar-refractivity contribution in [3.8, 4) is 0 Å². The van der Waals surface area contributed by atoms with Gasteiger partial charge in [-0.15, -0.1) is 0 Å². The Kier molecular flexibility index (Phi) is 5.69. The monoisotopic (exact) mass is 178 g/mol. The number of hydrogen-bond donors (Lipinski definition) is 0. The average molecular weight is 178 g/mol. The molecule has 1 aromatic carbocycles. The van der Waals surface area contributed by atoms with Gasteiger partial charge in [0.25, 0.3) is 0 Å². The summed E-state index contributed by atoms with van der Waals surface area (Å²) in [4.78, 5) is 0. The molecule has 13 heavy (non-hydrogen) atoms. The van der Waals surface area contributed by atoms with E-state index in [1.807, 2.05) is 57.2 Å². The van der Waals surface area contributed by atoms with Crippen LogP contribution in [0.2, 0.25) is 0 Å². The highest BCUT2D eigenvalue weighted by atomic mass is 16.5. The Morgan fingerprint density at radius 2 is 1.23 bits per heavy atom. The van der Waals surface area contributed by atoms with E-state index in [0.717, 1.165) is 0 Å². The van der Waals surface area contributed by atoms with Crippen molar-refractivity contribution in [1.82, 2.24) is 0 Å². The second kappa shape index (κ2) is 6.30. The van der Waals surface area contributed by atoms with Crippen LogP contribution in [0.4, 0.5) is 0 Å². The fourth-order valence-electron chi connectivity index (χ4n) is 0.635. The molecule has 0 bridgehead atoms. The minimum atomic E-state index is -0.0677. The van der Waals surface area contributed by atoms with Crippen molar-refractivity contribution in [2.45, 2.75) is 26.4 Å². The van der Waals surface area contributed by atoms with Gasteiger partial charge >= 0.3 is 0 Å². The average Bonchev–Trinajstić information content (AvgIpc) is 2.06. The fourth-order valence-corrected chi connectivity index (χ4v) is 0.635. The molecule has 0 radical (unpaired) electrons. The first-order chi connectivity index (χ1) is 6.06. The molecule has 0 unspecified atom stereocenters. The van der Waals surface area contributed by atoms with Gasteiger partial charge in [-0.25, -0.2) is 0 Å². The highest BCUT2D eigenvalue weighted by Gasteiger charge is 2.05. The van der Waals surface area contributed by atoms with E-state index in [1.165, 1.54) is 6.26 Å². The number of ether oxygens (including phenoxy) is 1. The SMILES string of the molecule is C=COC(C)(C)C.c1ccccc1. The van der Waals surface area contributed by atoms with E-state index >= 15 is 0 Å². The Balaban J connectivity index is 0.000000223. The lowest BCUT2D eigenvalue weighted by molar-refractivity contribution is 0.0775. The fraction of sp³-hybridized carbons (Fsp3) is 0.333. The minimum Gasteiger partial charge on any atom is -0.496 e. The Morgan fingerprint density at radius 3 is 1.31 bits per heavy atom. The summed E-state index contributed by atoms with van der Waals surface area (Å²) in [5, 5.41) is 0. The summed E-state index contributed by atoms with van der Waals surface area (Å²) in [6.45, 7) is 9.37. The molecule has 0 spiro atoms. The maximum atomic E-state index is 4.99. The van der Waals surface area contributed by atoms with Crippen LogP contribution in [0.15, 0.2) is 49.2 Å². The van der Waals surface area contributed by atoms with Gasteiger partial charge in [0.2, 0.25) is 0 Å². The van der Waals surface area contributed by atoms with E-state index in [-0.39, 0.29) is 5.60 Å². The van der Waals surface area contributed by atoms with Crippen molar-refractivity contribution >= 4 is 0 Å². The molecule has 1 nitrogen and oxygen atoms in total. The molecule has 0 aliphatic rings. The van der Waals surface area contributed by atoms with Gasteiger partial charge in [0.1, 0.15) is 0 Å². The lowest BCUT2D eigenvalue weighted by Gasteiger charge is -2.16. The Morgan fingerprint density at radius 1 is 0.923 bits per heavy atom. The molecule has 0 saturated carbocycles. The molecule has 1 rings (SSSR count). The number of rotatable bonds is 1. The molecule has 1 heteroatoms. The van der Waals surface area contributed by atoms with Gasteiger partial charge in [-0.2, -0.15) is 0 Å². The van der Waals surface area contributed by atoms with Crippen LogP contribution in [0, 0.1) is 0 Å². The van der Waals surface area contributed by atoms with E-state index < -0.39 is 0 Å². The summed E-state index contributed by atoms with van der Waals surface area (Å²) in [5.74, 6) is 0. The first-order valence-electron chi connectivity index (χ1n) is 4.35. The van der Waals surface area contributed by atoms with Gasteiger partial charge in [0.15, 0.2) is 0 Å². The van der Waals surface area contributed by atoms with Gasteiger partial charge in [0, 0.05) is 0 Å². The molecular formula is C12H18O. The lowest BCUT2D eigenvalue weighted by atomic mass is 10.2. The summed E-state index contributed by atoms with van der Waals surface area (Å²) < 4.78 is 4.99. The summed E-state index contributed by atoms with van der Waals surface area (Å²) in [7, 11) is 0. The summed E-state index contributed by atoms with van der Waals surface area (Å²) >= 11 is 0. The van der Waals surface area contributed by atoms with Gasteiger partial charge in [-0.3, -0.25) is 0 Å². The van der Waals surface area contributed by atoms with E-state index in [1.54, 1.807) is 0 Å². The first-order valence-corrected chi connectivity index (χ1v) is 4.35. The Labute approximate surface area is 81.1 Å². The second-order valence-electron chi connectivity index (χ2n) is 3.55. The lowest BCUT2D eigenvalue weighted by Crippen LogP contribution is -2.14. The Bertz CT molecular complexity index is 182. The number of hydrogen-bond acceptors (Lipinski definition) is 1. The molecule has 0 saturated heterocycles. The maximum absolute atomic E-state index is 4.99. The second-order valence-corrected chi connectivity index (χ2v) is 3.55. The van der Waals surface area contributed by atoms with Gasteiger partial charge < -0.3 is 4.74 Å². The molecule has 0 amide bonds. The van der Waals surface area contributed by atoms with Crippen molar-refractivity contribution in [3.05, 3.63) is 49.2 Å². The third-order valence-corrected chi connectivity index (χ3v) is 1.10. The molecule has 0 aliphatic carbocycles. The van der Waals surface area contributed by atoms with Crippen molar-refractivity contribution < 1.29 is 4.74 Å². The third-order valence-electron chi connectivity index (χ3n) is 1.10. The molecule has 0 N–H and O–H groups in total. The summed E-state index contributed by atoms with van der Waals surface area (Å²) in [5.41, 5.74) is -0.0677. The molecule has 0 heterocycles. The van der Waals surface area contributed by atoms with Gasteiger partial charge in [-0.05, 0) is 20.8 Å². The molecule has 1 aromatic rings. The molecule has 0 atom stereocenters. The highest BCUT2D eigenvalue weighted by Crippen LogP contribution is 2.05. The maximum Gasteiger partial charge on any atom is 0.0997 e. The van der Waals surface area contributed by atoms with Crippen LogP contribution in [0.5, 0.6) is 0 Å². The molecule has 0 aliphatic heterocycles. The van der Waals surface area contributed by atoms with Gasteiger partial charge in [-0.1, -0.05) is 43.0 Å². The van der Waals surface area contributed by atoms with Crippen LogP contribution in [-0.2, 0) is 4.74 Å². The third kappa shape index (κ3) is 10.8. The van der Waals surface area contributed by atoms with Crippen molar-refractivity contribution in [3.63, 3.8) is 0 Å². The normalized spacial score (nSPS) is 9.46. The predicted octanol–water partition coefficient (Wildman–Crippen LogP) is 3.63. The van der Waals surface area contributed by atoms with Crippen molar-refractivity contribution in [1.29, 1.82) is 0 Å². The van der Waals surface area contributed by atoms with Crippen molar-refractivity contribution in [2.75, 3.05) is 0 Å².